The Kier molecular flexibility index (Phi) is 6.09. The highest BCUT2D eigenvalue weighted by Crippen LogP contribution is 2.52. The smallest absolute Gasteiger partial charge is 0.303 e. The lowest BCUT2D eigenvalue weighted by Gasteiger charge is -2.34. The standard InChI is InChI=1S/C24H23NO6S/c1-30-20-10-13-23-22(15-20)17(7-14-24(26)27)16-25(23)32(28,29)21-11-8-19(9-12-21)31-18-5-3-2-4-6-18/h2-6,8-13,15-16,28-29H,7,14H2,1H3,(H,26,27). The zero-order valence-electron chi connectivity index (χ0n) is 17.3. The van der Waals surface area contributed by atoms with Gasteiger partial charge in [0.2, 0.25) is 0 Å². The SMILES string of the molecule is COc1ccc2c(c1)c(CCC(=O)O)cn2S(O)(O)c1ccc(Oc2ccccc2)cc1. The Labute approximate surface area is 186 Å². The molecule has 0 atom stereocenters. The summed E-state index contributed by atoms with van der Waals surface area (Å²) in [6.45, 7) is 0. The molecule has 0 fully saturated rings. The average molecular weight is 454 g/mol. The van der Waals surface area contributed by atoms with Crippen molar-refractivity contribution in [1.82, 2.24) is 3.97 Å². The molecule has 0 aliphatic heterocycles. The van der Waals surface area contributed by atoms with Crippen LogP contribution in [0, 0.1) is 0 Å². The van der Waals surface area contributed by atoms with Gasteiger partial charge in [-0.15, -0.1) is 0 Å². The second kappa shape index (κ2) is 8.96. The molecule has 1 heterocycles. The van der Waals surface area contributed by atoms with Gasteiger partial charge in [-0.1, -0.05) is 29.0 Å². The van der Waals surface area contributed by atoms with Crippen LogP contribution in [0.4, 0.5) is 0 Å². The van der Waals surface area contributed by atoms with Crippen LogP contribution in [-0.2, 0) is 11.2 Å². The van der Waals surface area contributed by atoms with E-state index < -0.39 is 16.7 Å². The summed E-state index contributed by atoms with van der Waals surface area (Å²) in [5.41, 5.74) is 1.28. The molecule has 0 amide bonds. The molecular formula is C24H23NO6S. The van der Waals surface area contributed by atoms with Gasteiger partial charge in [0.25, 0.3) is 0 Å². The number of para-hydroxylation sites is 1. The van der Waals surface area contributed by atoms with E-state index in [-0.39, 0.29) is 12.8 Å². The summed E-state index contributed by atoms with van der Waals surface area (Å²) in [5, 5.41) is 9.80. The molecule has 4 aromatic rings. The van der Waals surface area contributed by atoms with Crippen molar-refractivity contribution < 1.29 is 28.5 Å². The normalized spacial score (nSPS) is 12.0. The summed E-state index contributed by atoms with van der Waals surface area (Å²) in [4.78, 5) is 11.4. The van der Waals surface area contributed by atoms with E-state index in [1.165, 1.54) is 3.97 Å². The Morgan fingerprint density at radius 3 is 2.25 bits per heavy atom. The maximum Gasteiger partial charge on any atom is 0.303 e. The zero-order chi connectivity index (χ0) is 22.7. The van der Waals surface area contributed by atoms with Gasteiger partial charge in [0, 0.05) is 18.0 Å². The molecule has 8 heteroatoms. The van der Waals surface area contributed by atoms with Gasteiger partial charge in [0.1, 0.15) is 17.2 Å². The van der Waals surface area contributed by atoms with Gasteiger partial charge < -0.3 is 14.6 Å². The van der Waals surface area contributed by atoms with Crippen molar-refractivity contribution in [2.75, 3.05) is 7.11 Å². The minimum Gasteiger partial charge on any atom is -0.497 e. The molecule has 0 aliphatic carbocycles. The molecule has 3 aromatic carbocycles. The molecule has 0 saturated heterocycles. The van der Waals surface area contributed by atoms with E-state index in [1.54, 1.807) is 55.8 Å². The fraction of sp³-hybridized carbons (Fsp3) is 0.125. The highest BCUT2D eigenvalue weighted by Gasteiger charge is 2.23. The Balaban J connectivity index is 1.69. The van der Waals surface area contributed by atoms with Gasteiger partial charge in [-0.05, 0) is 66.6 Å². The molecule has 1 aromatic heterocycles. The third kappa shape index (κ3) is 4.43. The number of benzene rings is 3. The van der Waals surface area contributed by atoms with E-state index in [0.29, 0.717) is 33.2 Å². The number of aryl methyl sites for hydroxylation is 1. The largest absolute Gasteiger partial charge is 0.497 e. The summed E-state index contributed by atoms with van der Waals surface area (Å²) in [6, 6.07) is 21.1. The van der Waals surface area contributed by atoms with E-state index in [9.17, 15) is 13.9 Å². The van der Waals surface area contributed by atoms with Gasteiger partial charge in [0.05, 0.1) is 17.5 Å². The molecule has 7 nitrogen and oxygen atoms in total. The van der Waals surface area contributed by atoms with Crippen LogP contribution in [0.5, 0.6) is 17.2 Å². The van der Waals surface area contributed by atoms with Gasteiger partial charge in [0.15, 0.2) is 0 Å². The molecule has 32 heavy (non-hydrogen) atoms. The Morgan fingerprint density at radius 2 is 1.59 bits per heavy atom. The lowest BCUT2D eigenvalue weighted by molar-refractivity contribution is -0.136. The van der Waals surface area contributed by atoms with Gasteiger partial charge in [-0.2, -0.15) is 0 Å². The third-order valence-electron chi connectivity index (χ3n) is 5.06. The monoisotopic (exact) mass is 453 g/mol. The van der Waals surface area contributed by atoms with Crippen LogP contribution < -0.4 is 9.47 Å². The predicted octanol–water partition coefficient (Wildman–Crippen LogP) is 6.03. The number of carbonyl (C=O) groups is 1. The predicted molar refractivity (Wildman–Crippen MR) is 124 cm³/mol. The fourth-order valence-electron chi connectivity index (χ4n) is 3.45. The topological polar surface area (TPSA) is 101 Å². The lowest BCUT2D eigenvalue weighted by atomic mass is 10.1. The average Bonchev–Trinajstić information content (AvgIpc) is 3.17. The molecule has 0 spiro atoms. The summed E-state index contributed by atoms with van der Waals surface area (Å²) >= 11 is 0. The molecule has 166 valence electrons. The number of methoxy groups -OCH3 is 1. The van der Waals surface area contributed by atoms with Crippen molar-refractivity contribution in [2.24, 2.45) is 0 Å². The van der Waals surface area contributed by atoms with Crippen LogP contribution in [-0.4, -0.2) is 31.3 Å². The molecule has 0 radical (unpaired) electrons. The number of hydrogen-bond acceptors (Lipinski definition) is 5. The van der Waals surface area contributed by atoms with Crippen molar-refractivity contribution in [1.29, 1.82) is 0 Å². The van der Waals surface area contributed by atoms with E-state index in [0.717, 1.165) is 5.39 Å². The number of aliphatic carboxylic acids is 1. The van der Waals surface area contributed by atoms with Crippen molar-refractivity contribution in [3.63, 3.8) is 0 Å². The van der Waals surface area contributed by atoms with E-state index in [1.807, 2.05) is 30.3 Å². The van der Waals surface area contributed by atoms with Crippen LogP contribution >= 0.6 is 10.8 Å². The summed E-state index contributed by atoms with van der Waals surface area (Å²) in [5.74, 6) is 0.930. The molecule has 0 aliphatic rings. The van der Waals surface area contributed by atoms with E-state index in [2.05, 4.69) is 0 Å². The fourth-order valence-corrected chi connectivity index (χ4v) is 4.89. The second-order valence-electron chi connectivity index (χ2n) is 7.16. The molecule has 3 N–H and O–H groups in total. The van der Waals surface area contributed by atoms with Crippen molar-refractivity contribution >= 4 is 27.6 Å². The molecule has 0 saturated carbocycles. The summed E-state index contributed by atoms with van der Waals surface area (Å²) < 4.78 is 34.8. The lowest BCUT2D eigenvalue weighted by Crippen LogP contribution is -2.08. The molecule has 4 rings (SSSR count). The first-order valence-corrected chi connectivity index (χ1v) is 11.4. The number of rotatable bonds is 8. The highest BCUT2D eigenvalue weighted by atomic mass is 32.3. The first-order chi connectivity index (χ1) is 15.4. The quantitative estimate of drug-likeness (QED) is 0.301. The van der Waals surface area contributed by atoms with Crippen molar-refractivity contribution in [2.45, 2.75) is 17.7 Å². The Hall–Kier alpha value is -3.46. The zero-order valence-corrected chi connectivity index (χ0v) is 18.2. The van der Waals surface area contributed by atoms with Gasteiger partial charge in [-0.25, -0.2) is 3.97 Å². The molecule has 0 unspecified atom stereocenters. The maximum atomic E-state index is 11.2. The third-order valence-corrected chi connectivity index (χ3v) is 6.82. The second-order valence-corrected chi connectivity index (χ2v) is 9.06. The van der Waals surface area contributed by atoms with E-state index >= 15 is 0 Å². The number of ether oxygens (including phenoxy) is 2. The minimum absolute atomic E-state index is 0.0684. The number of hydrogen-bond donors (Lipinski definition) is 3. The highest BCUT2D eigenvalue weighted by molar-refractivity contribution is 8.23. The number of carboxylic acids is 1. The molecular weight excluding hydrogens is 430 g/mol. The first kappa shape index (κ1) is 21.8. The van der Waals surface area contributed by atoms with Crippen LogP contribution in [0.3, 0.4) is 0 Å². The van der Waals surface area contributed by atoms with Crippen molar-refractivity contribution in [3.05, 3.63) is 84.6 Å². The van der Waals surface area contributed by atoms with Crippen molar-refractivity contribution in [3.8, 4) is 17.2 Å². The minimum atomic E-state index is -3.42. The van der Waals surface area contributed by atoms with Gasteiger partial charge in [-0.3, -0.25) is 13.9 Å². The van der Waals surface area contributed by atoms with Crippen LogP contribution in [0.2, 0.25) is 0 Å². The van der Waals surface area contributed by atoms with Crippen LogP contribution in [0.25, 0.3) is 10.9 Å². The maximum absolute atomic E-state index is 11.2. The summed E-state index contributed by atoms with van der Waals surface area (Å²) in [7, 11) is -1.88. The first-order valence-electron chi connectivity index (χ1n) is 9.90. The van der Waals surface area contributed by atoms with E-state index in [4.69, 9.17) is 14.6 Å². The number of nitrogens with zero attached hydrogens (tertiary/aromatic N) is 1. The molecule has 0 bridgehead atoms. The van der Waals surface area contributed by atoms with Crippen LogP contribution in [0.1, 0.15) is 12.0 Å². The summed E-state index contributed by atoms with van der Waals surface area (Å²) in [6.07, 6.45) is 1.79. The van der Waals surface area contributed by atoms with Gasteiger partial charge >= 0.3 is 5.97 Å². The number of carboxylic acid groups (broad SMARTS) is 1. The number of fused-ring (bicyclic) bond motifs is 1. The Morgan fingerprint density at radius 1 is 0.938 bits per heavy atom. The number of aromatic nitrogens is 1. The Bertz CT molecular complexity index is 1230. The van der Waals surface area contributed by atoms with Crippen LogP contribution in [0.15, 0.2) is 83.9 Å².